The van der Waals surface area contributed by atoms with Crippen molar-refractivity contribution in [1.82, 2.24) is 20.2 Å². The molecule has 2 aliphatic rings. The highest BCUT2D eigenvalue weighted by molar-refractivity contribution is 5.86. The van der Waals surface area contributed by atoms with Gasteiger partial charge in [0, 0.05) is 43.5 Å². The number of nitrogens with one attached hydrogen (secondary N) is 1. The molecule has 1 atom stereocenters. The molecule has 6 heteroatoms. The van der Waals surface area contributed by atoms with Gasteiger partial charge in [0.15, 0.2) is 0 Å². The fourth-order valence-electron chi connectivity index (χ4n) is 4.43. The van der Waals surface area contributed by atoms with Gasteiger partial charge >= 0.3 is 0 Å². The molecule has 1 N–H and O–H groups in total. The summed E-state index contributed by atoms with van der Waals surface area (Å²) in [6.45, 7) is 3.78. The summed E-state index contributed by atoms with van der Waals surface area (Å²) >= 11 is 0. The summed E-state index contributed by atoms with van der Waals surface area (Å²) in [6, 6.07) is 8.12. The van der Waals surface area contributed by atoms with Gasteiger partial charge < -0.3 is 10.2 Å². The maximum absolute atomic E-state index is 13.3. The lowest BCUT2D eigenvalue weighted by atomic mass is 9.73. The average Bonchev–Trinajstić information content (AvgIpc) is 3.60. The van der Waals surface area contributed by atoms with Crippen molar-refractivity contribution in [2.75, 3.05) is 19.6 Å². The molecule has 0 unspecified atom stereocenters. The molecule has 152 valence electrons. The number of piperidine rings is 1. The Balaban J connectivity index is 1.67. The second-order valence-corrected chi connectivity index (χ2v) is 8.24. The number of aromatic nitrogens is 2. The first-order valence-corrected chi connectivity index (χ1v) is 10.5. The van der Waals surface area contributed by atoms with Crippen LogP contribution in [0.4, 0.5) is 0 Å². The third-order valence-corrected chi connectivity index (χ3v) is 6.05. The van der Waals surface area contributed by atoms with Crippen molar-refractivity contribution < 1.29 is 9.59 Å². The van der Waals surface area contributed by atoms with Crippen LogP contribution in [0.25, 0.3) is 11.1 Å². The lowest BCUT2D eigenvalue weighted by Gasteiger charge is -2.42. The van der Waals surface area contributed by atoms with Gasteiger partial charge in [-0.1, -0.05) is 24.3 Å². The Kier molecular flexibility index (Phi) is 5.60. The molecule has 1 aromatic heterocycles. The van der Waals surface area contributed by atoms with Gasteiger partial charge in [-0.25, -0.2) is 9.97 Å². The number of amides is 2. The molecule has 29 heavy (non-hydrogen) atoms. The summed E-state index contributed by atoms with van der Waals surface area (Å²) in [5.74, 6) is 0.448. The van der Waals surface area contributed by atoms with Crippen LogP contribution in [0.5, 0.6) is 0 Å². The van der Waals surface area contributed by atoms with Crippen LogP contribution in [-0.4, -0.2) is 46.3 Å². The molecule has 2 heterocycles. The van der Waals surface area contributed by atoms with Gasteiger partial charge in [0.05, 0.1) is 5.41 Å². The van der Waals surface area contributed by atoms with Gasteiger partial charge in [0.1, 0.15) is 6.33 Å². The van der Waals surface area contributed by atoms with E-state index in [4.69, 9.17) is 0 Å². The van der Waals surface area contributed by atoms with Crippen molar-refractivity contribution in [3.63, 3.8) is 0 Å². The molecule has 2 amide bonds. The van der Waals surface area contributed by atoms with Gasteiger partial charge in [0.2, 0.25) is 11.8 Å². The third-order valence-electron chi connectivity index (χ3n) is 6.05. The van der Waals surface area contributed by atoms with E-state index in [2.05, 4.69) is 27.4 Å². The number of likely N-dealkylation sites (tertiary alicyclic amines) is 1. The molecule has 0 spiro atoms. The molecule has 1 aliphatic heterocycles. The van der Waals surface area contributed by atoms with E-state index in [0.29, 0.717) is 19.5 Å². The summed E-state index contributed by atoms with van der Waals surface area (Å²) in [7, 11) is 0. The Bertz CT molecular complexity index is 881. The molecule has 4 rings (SSSR count). The van der Waals surface area contributed by atoms with Crippen LogP contribution in [0.1, 0.15) is 38.2 Å². The molecule has 0 radical (unpaired) electrons. The summed E-state index contributed by atoms with van der Waals surface area (Å²) in [5.41, 5.74) is 2.47. The number of nitrogens with zero attached hydrogens (tertiary/aromatic N) is 3. The topological polar surface area (TPSA) is 75.2 Å². The minimum atomic E-state index is -0.607. The Morgan fingerprint density at radius 3 is 2.69 bits per heavy atom. The quantitative estimate of drug-likeness (QED) is 0.820. The fraction of sp³-hybridized carbons (Fsp3) is 0.478. The first-order chi connectivity index (χ1) is 14.1. The van der Waals surface area contributed by atoms with Gasteiger partial charge in [-0.05, 0) is 50.2 Å². The first kappa shape index (κ1) is 19.6. The minimum Gasteiger partial charge on any atom is -0.356 e. The zero-order valence-electron chi connectivity index (χ0n) is 16.9. The minimum absolute atomic E-state index is 0.0485. The van der Waals surface area contributed by atoms with E-state index in [-0.39, 0.29) is 17.7 Å². The molecule has 1 aromatic carbocycles. The number of hydrogen-bond acceptors (Lipinski definition) is 4. The van der Waals surface area contributed by atoms with Crippen molar-refractivity contribution in [2.45, 2.75) is 39.0 Å². The van der Waals surface area contributed by atoms with Crippen molar-refractivity contribution in [3.05, 3.63) is 48.5 Å². The summed E-state index contributed by atoms with van der Waals surface area (Å²) in [4.78, 5) is 36.2. The predicted octanol–water partition coefficient (Wildman–Crippen LogP) is 2.84. The highest BCUT2D eigenvalue weighted by Crippen LogP contribution is 2.39. The average molecular weight is 393 g/mol. The van der Waals surface area contributed by atoms with Crippen molar-refractivity contribution in [2.24, 2.45) is 11.3 Å². The van der Waals surface area contributed by atoms with E-state index in [1.54, 1.807) is 12.4 Å². The first-order valence-electron chi connectivity index (χ1n) is 10.5. The van der Waals surface area contributed by atoms with Crippen molar-refractivity contribution >= 4 is 11.8 Å². The van der Waals surface area contributed by atoms with Gasteiger partial charge in [-0.15, -0.1) is 0 Å². The standard InChI is InChI=1S/C23H28N4O2/c1-2-26-22(29)23(10-5-11-27(15-23)21(28)17-8-9-17)12-18-6-3-4-7-20(18)19-13-24-16-25-14-19/h3-4,6-7,13-14,16-17H,2,5,8-12,15H2,1H3,(H,26,29)/t23-/m1/s1. The number of carbonyl (C=O) groups excluding carboxylic acids is 2. The van der Waals surface area contributed by atoms with E-state index >= 15 is 0 Å². The zero-order valence-corrected chi connectivity index (χ0v) is 16.9. The number of benzene rings is 1. The highest BCUT2D eigenvalue weighted by atomic mass is 16.2. The molecule has 6 nitrogen and oxygen atoms in total. The van der Waals surface area contributed by atoms with Crippen LogP contribution in [0, 0.1) is 11.3 Å². The highest BCUT2D eigenvalue weighted by Gasteiger charge is 2.45. The predicted molar refractivity (Wildman–Crippen MR) is 111 cm³/mol. The second kappa shape index (κ2) is 8.31. The molecular weight excluding hydrogens is 364 g/mol. The lowest BCUT2D eigenvalue weighted by molar-refractivity contribution is -0.142. The third kappa shape index (κ3) is 4.16. The Hall–Kier alpha value is -2.76. The summed E-state index contributed by atoms with van der Waals surface area (Å²) in [5, 5.41) is 3.04. The smallest absolute Gasteiger partial charge is 0.228 e. The van der Waals surface area contributed by atoms with Crippen molar-refractivity contribution in [3.8, 4) is 11.1 Å². The monoisotopic (exact) mass is 392 g/mol. The van der Waals surface area contributed by atoms with Crippen molar-refractivity contribution in [1.29, 1.82) is 0 Å². The summed E-state index contributed by atoms with van der Waals surface area (Å²) < 4.78 is 0. The Morgan fingerprint density at radius 2 is 1.97 bits per heavy atom. The summed E-state index contributed by atoms with van der Waals surface area (Å²) in [6.07, 6.45) is 9.33. The van der Waals surface area contributed by atoms with Crippen LogP contribution in [0.3, 0.4) is 0 Å². The van der Waals surface area contributed by atoms with E-state index < -0.39 is 5.41 Å². The molecule has 0 bridgehead atoms. The van der Waals surface area contributed by atoms with Gasteiger partial charge in [-0.3, -0.25) is 9.59 Å². The maximum atomic E-state index is 13.3. The molecule has 2 fully saturated rings. The van der Waals surface area contributed by atoms with Crippen LogP contribution in [0.2, 0.25) is 0 Å². The number of rotatable bonds is 6. The SMILES string of the molecule is CCNC(=O)[C@@]1(Cc2ccccc2-c2cncnc2)CCCN(C(=O)C2CC2)C1. The van der Waals surface area contributed by atoms with E-state index in [1.165, 1.54) is 6.33 Å². The largest absolute Gasteiger partial charge is 0.356 e. The Labute approximate surface area is 171 Å². The van der Waals surface area contributed by atoms with Crippen LogP contribution in [-0.2, 0) is 16.0 Å². The van der Waals surface area contributed by atoms with Crippen LogP contribution < -0.4 is 5.32 Å². The normalized spacial score (nSPS) is 21.6. The molecule has 1 aliphatic carbocycles. The van der Waals surface area contributed by atoms with Crippen LogP contribution in [0.15, 0.2) is 43.0 Å². The van der Waals surface area contributed by atoms with Crippen LogP contribution >= 0.6 is 0 Å². The number of carbonyl (C=O) groups is 2. The molecule has 2 aromatic rings. The van der Waals surface area contributed by atoms with Gasteiger partial charge in [0.25, 0.3) is 0 Å². The number of hydrogen-bond donors (Lipinski definition) is 1. The molecule has 1 saturated heterocycles. The van der Waals surface area contributed by atoms with E-state index in [1.807, 2.05) is 24.0 Å². The maximum Gasteiger partial charge on any atom is 0.228 e. The van der Waals surface area contributed by atoms with E-state index in [0.717, 1.165) is 48.9 Å². The lowest BCUT2D eigenvalue weighted by Crippen LogP contribution is -2.54. The fourth-order valence-corrected chi connectivity index (χ4v) is 4.43. The second-order valence-electron chi connectivity index (χ2n) is 8.24. The van der Waals surface area contributed by atoms with Gasteiger partial charge in [-0.2, -0.15) is 0 Å². The zero-order chi connectivity index (χ0) is 20.3. The molecule has 1 saturated carbocycles. The molecular formula is C23H28N4O2. The Morgan fingerprint density at radius 1 is 1.21 bits per heavy atom. The van der Waals surface area contributed by atoms with E-state index in [9.17, 15) is 9.59 Å².